The van der Waals surface area contributed by atoms with E-state index >= 15 is 0 Å². The van der Waals surface area contributed by atoms with Crippen LogP contribution in [0.15, 0.2) is 23.8 Å². The molecular weight excluding hydrogens is 206 g/mol. The maximum absolute atomic E-state index is 13.4. The number of nitrogens with two attached hydrogens (primary N) is 1. The molecule has 2 nitrogen and oxygen atoms in total. The van der Waals surface area contributed by atoms with Crippen LogP contribution in [0.25, 0.3) is 10.4 Å². The molecule has 0 radical (unpaired) electrons. The fraction of sp³-hybridized carbons (Fsp3) is 0. The van der Waals surface area contributed by atoms with Crippen LogP contribution in [0.1, 0.15) is 0 Å². The quantitative estimate of drug-likeness (QED) is 0.738. The lowest BCUT2D eigenvalue weighted by Crippen LogP contribution is -1.96. The molecule has 0 aliphatic carbocycles. The minimum atomic E-state index is -0.740. The Balaban J connectivity index is 2.61. The smallest absolute Gasteiger partial charge is 0.157 e. The second-order valence-corrected chi connectivity index (χ2v) is 3.57. The van der Waals surface area contributed by atoms with E-state index in [1.165, 1.54) is 23.6 Å². The summed E-state index contributed by atoms with van der Waals surface area (Å²) in [6.07, 6.45) is 1.51. The van der Waals surface area contributed by atoms with Crippen molar-refractivity contribution >= 4 is 17.0 Å². The highest BCUT2D eigenvalue weighted by molar-refractivity contribution is 7.13. The zero-order valence-electron chi connectivity index (χ0n) is 7.00. The van der Waals surface area contributed by atoms with E-state index in [1.54, 1.807) is 5.51 Å². The lowest BCUT2D eigenvalue weighted by atomic mass is 10.1. The molecule has 2 aromatic rings. The largest absolute Gasteiger partial charge is 0.394 e. The van der Waals surface area contributed by atoms with Gasteiger partial charge in [0.25, 0.3) is 0 Å². The molecule has 0 spiro atoms. The zero-order valence-corrected chi connectivity index (χ0v) is 7.81. The summed E-state index contributed by atoms with van der Waals surface area (Å²) in [7, 11) is 0. The van der Waals surface area contributed by atoms with Crippen molar-refractivity contribution < 1.29 is 8.78 Å². The lowest BCUT2D eigenvalue weighted by Gasteiger charge is -2.03. The lowest BCUT2D eigenvalue weighted by molar-refractivity contribution is 0.594. The number of aromatic nitrogens is 1. The van der Waals surface area contributed by atoms with Crippen molar-refractivity contribution in [3.63, 3.8) is 0 Å². The molecule has 0 saturated heterocycles. The minimum Gasteiger partial charge on any atom is -0.394 e. The predicted octanol–water partition coefficient (Wildman–Crippen LogP) is 2.67. The molecule has 0 fully saturated rings. The summed E-state index contributed by atoms with van der Waals surface area (Å²) in [5, 5.41) is 0. The summed E-state index contributed by atoms with van der Waals surface area (Å²) in [4.78, 5) is 4.44. The average Bonchev–Trinajstić information content (AvgIpc) is 2.67. The highest BCUT2D eigenvalue weighted by Crippen LogP contribution is 2.30. The third-order valence-electron chi connectivity index (χ3n) is 1.82. The SMILES string of the molecule is Nc1c(F)ccc(-c2cncs2)c1F. The Morgan fingerprint density at radius 1 is 1.29 bits per heavy atom. The molecule has 1 heterocycles. The van der Waals surface area contributed by atoms with Crippen molar-refractivity contribution in [3.05, 3.63) is 35.5 Å². The van der Waals surface area contributed by atoms with Gasteiger partial charge in [-0.2, -0.15) is 0 Å². The van der Waals surface area contributed by atoms with E-state index in [-0.39, 0.29) is 5.56 Å². The Hall–Kier alpha value is -1.49. The third-order valence-corrected chi connectivity index (χ3v) is 2.63. The topological polar surface area (TPSA) is 38.9 Å². The molecule has 1 aromatic carbocycles. The van der Waals surface area contributed by atoms with Gasteiger partial charge in [-0.25, -0.2) is 8.78 Å². The highest BCUT2D eigenvalue weighted by atomic mass is 32.1. The molecule has 0 amide bonds. The molecular formula is C9H6F2N2S. The number of benzene rings is 1. The van der Waals surface area contributed by atoms with E-state index in [9.17, 15) is 8.78 Å². The molecule has 1 aromatic heterocycles. The number of hydrogen-bond donors (Lipinski definition) is 1. The molecule has 72 valence electrons. The Bertz CT molecular complexity index is 454. The second kappa shape index (κ2) is 3.34. The number of nitrogen functional groups attached to an aromatic ring is 1. The number of nitrogens with zero attached hydrogens (tertiary/aromatic N) is 1. The Morgan fingerprint density at radius 3 is 2.71 bits per heavy atom. The van der Waals surface area contributed by atoms with Crippen LogP contribution in [0.4, 0.5) is 14.5 Å². The van der Waals surface area contributed by atoms with Gasteiger partial charge in [-0.05, 0) is 12.1 Å². The van der Waals surface area contributed by atoms with Gasteiger partial charge in [0.1, 0.15) is 11.5 Å². The predicted molar refractivity (Wildman–Crippen MR) is 51.9 cm³/mol. The number of thiazole rings is 1. The summed E-state index contributed by atoms with van der Waals surface area (Å²) >= 11 is 1.28. The monoisotopic (exact) mass is 212 g/mol. The van der Waals surface area contributed by atoms with Crippen LogP contribution in [-0.2, 0) is 0 Å². The molecule has 0 saturated carbocycles. The molecule has 0 aliphatic rings. The van der Waals surface area contributed by atoms with Gasteiger partial charge >= 0.3 is 0 Å². The summed E-state index contributed by atoms with van der Waals surface area (Å²) < 4.78 is 26.3. The summed E-state index contributed by atoms with van der Waals surface area (Å²) in [6.45, 7) is 0. The van der Waals surface area contributed by atoms with Crippen molar-refractivity contribution in [1.82, 2.24) is 4.98 Å². The number of rotatable bonds is 1. The first-order valence-corrected chi connectivity index (χ1v) is 4.70. The molecule has 0 bridgehead atoms. The van der Waals surface area contributed by atoms with Crippen LogP contribution in [0.2, 0.25) is 0 Å². The number of halogens is 2. The molecule has 0 unspecified atom stereocenters. The minimum absolute atomic E-state index is 0.284. The van der Waals surface area contributed by atoms with Gasteiger partial charge in [0, 0.05) is 11.8 Å². The fourth-order valence-electron chi connectivity index (χ4n) is 1.11. The molecule has 14 heavy (non-hydrogen) atoms. The summed E-state index contributed by atoms with van der Waals surface area (Å²) in [5.74, 6) is -1.47. The van der Waals surface area contributed by atoms with Crippen molar-refractivity contribution in [2.75, 3.05) is 5.73 Å². The van der Waals surface area contributed by atoms with E-state index in [0.29, 0.717) is 4.88 Å². The van der Waals surface area contributed by atoms with Crippen LogP contribution >= 0.6 is 11.3 Å². The first kappa shape index (κ1) is 9.08. The van der Waals surface area contributed by atoms with Crippen LogP contribution in [0.3, 0.4) is 0 Å². The summed E-state index contributed by atoms with van der Waals surface area (Å²) in [5.41, 5.74) is 6.64. The molecule has 0 atom stereocenters. The standard InChI is InChI=1S/C9H6F2N2S/c10-6-2-1-5(8(11)9(6)12)7-3-13-4-14-7/h1-4H,12H2. The third kappa shape index (κ3) is 1.35. The van der Waals surface area contributed by atoms with Gasteiger partial charge in [0.15, 0.2) is 5.82 Å². The Morgan fingerprint density at radius 2 is 2.07 bits per heavy atom. The fourth-order valence-corrected chi connectivity index (χ4v) is 1.75. The average molecular weight is 212 g/mol. The van der Waals surface area contributed by atoms with E-state index in [2.05, 4.69) is 4.98 Å². The maximum atomic E-state index is 13.4. The van der Waals surface area contributed by atoms with E-state index in [1.807, 2.05) is 0 Å². The zero-order chi connectivity index (χ0) is 10.1. The Labute approximate surface area is 83.0 Å². The highest BCUT2D eigenvalue weighted by Gasteiger charge is 2.12. The van der Waals surface area contributed by atoms with E-state index in [4.69, 9.17) is 5.73 Å². The van der Waals surface area contributed by atoms with Crippen molar-refractivity contribution in [3.8, 4) is 10.4 Å². The van der Waals surface area contributed by atoms with Gasteiger partial charge in [-0.15, -0.1) is 11.3 Å². The van der Waals surface area contributed by atoms with Crippen molar-refractivity contribution in [2.45, 2.75) is 0 Å². The van der Waals surface area contributed by atoms with Crippen LogP contribution < -0.4 is 5.73 Å². The van der Waals surface area contributed by atoms with E-state index in [0.717, 1.165) is 6.07 Å². The molecule has 5 heteroatoms. The van der Waals surface area contributed by atoms with Gasteiger partial charge in [0.05, 0.1) is 10.4 Å². The number of anilines is 1. The van der Waals surface area contributed by atoms with Crippen molar-refractivity contribution in [1.29, 1.82) is 0 Å². The number of hydrogen-bond acceptors (Lipinski definition) is 3. The van der Waals surface area contributed by atoms with Crippen LogP contribution in [-0.4, -0.2) is 4.98 Å². The van der Waals surface area contributed by atoms with Gasteiger partial charge < -0.3 is 5.73 Å². The Kier molecular flexibility index (Phi) is 2.17. The van der Waals surface area contributed by atoms with Gasteiger partial charge in [-0.3, -0.25) is 4.98 Å². The summed E-state index contributed by atoms with van der Waals surface area (Å²) in [6, 6.07) is 2.50. The van der Waals surface area contributed by atoms with Gasteiger partial charge in [0.2, 0.25) is 0 Å². The first-order valence-electron chi connectivity index (χ1n) is 3.82. The second-order valence-electron chi connectivity index (χ2n) is 2.69. The van der Waals surface area contributed by atoms with Gasteiger partial charge in [-0.1, -0.05) is 0 Å². The first-order chi connectivity index (χ1) is 6.70. The van der Waals surface area contributed by atoms with Crippen LogP contribution in [0.5, 0.6) is 0 Å². The van der Waals surface area contributed by atoms with Crippen molar-refractivity contribution in [2.24, 2.45) is 0 Å². The molecule has 0 aliphatic heterocycles. The normalized spacial score (nSPS) is 10.4. The molecule has 2 rings (SSSR count). The van der Waals surface area contributed by atoms with E-state index < -0.39 is 17.3 Å². The maximum Gasteiger partial charge on any atom is 0.157 e. The molecule has 2 N–H and O–H groups in total. The van der Waals surface area contributed by atoms with Crippen LogP contribution in [0, 0.1) is 11.6 Å².